The van der Waals surface area contributed by atoms with Crippen LogP contribution in [0.25, 0.3) is 15.9 Å². The van der Waals surface area contributed by atoms with Crippen LogP contribution in [0.4, 0.5) is 0 Å². The predicted molar refractivity (Wildman–Crippen MR) is 85.0 cm³/mol. The average Bonchev–Trinajstić information content (AvgIpc) is 2.82. The number of aromatic amines is 1. The van der Waals surface area contributed by atoms with Gasteiger partial charge in [-0.25, -0.2) is 0 Å². The smallest absolute Gasteiger partial charge is 0.276 e. The minimum absolute atomic E-state index is 0.0833. The molecule has 3 rings (SSSR count). The van der Waals surface area contributed by atoms with Gasteiger partial charge in [-0.15, -0.1) is 11.3 Å². The van der Waals surface area contributed by atoms with Crippen LogP contribution in [0, 0.1) is 11.7 Å². The molecule has 0 amide bonds. The summed E-state index contributed by atoms with van der Waals surface area (Å²) in [5.41, 5.74) is 2.53. The third-order valence-electron chi connectivity index (χ3n) is 2.92. The summed E-state index contributed by atoms with van der Waals surface area (Å²) in [4.78, 5) is 15.6. The average molecular weight is 353 g/mol. The summed E-state index contributed by atoms with van der Waals surface area (Å²) in [7, 11) is 0. The molecule has 0 fully saturated rings. The molecule has 0 aliphatic carbocycles. The second kappa shape index (κ2) is 4.70. The van der Waals surface area contributed by atoms with Crippen LogP contribution < -0.4 is 5.56 Å². The molecule has 0 atom stereocenters. The van der Waals surface area contributed by atoms with Gasteiger partial charge >= 0.3 is 0 Å². The van der Waals surface area contributed by atoms with Crippen molar-refractivity contribution >= 4 is 49.7 Å². The number of benzene rings is 1. The molecule has 96 valence electrons. The Morgan fingerprint density at radius 1 is 1.37 bits per heavy atom. The van der Waals surface area contributed by atoms with Crippen molar-refractivity contribution < 1.29 is 0 Å². The van der Waals surface area contributed by atoms with E-state index in [4.69, 9.17) is 12.2 Å². The molecule has 6 heteroatoms. The lowest BCUT2D eigenvalue weighted by atomic mass is 10.2. The second-order valence-electron chi connectivity index (χ2n) is 4.14. The van der Waals surface area contributed by atoms with Crippen LogP contribution in [0.1, 0.15) is 5.56 Å². The van der Waals surface area contributed by atoms with E-state index < -0.39 is 0 Å². The molecular formula is C13H9BrN2OS2. The molecule has 1 aromatic carbocycles. The van der Waals surface area contributed by atoms with E-state index in [1.54, 1.807) is 0 Å². The molecule has 2 heterocycles. The number of thiophene rings is 1. The zero-order chi connectivity index (χ0) is 13.6. The standard InChI is InChI=1S/C13H9BrN2OS2/c1-7-3-2-4-9(10(7)14)16-12(17)11-8(5-6-19-11)15-13(16)18/h2-6H,1H3,(H,15,18). The summed E-state index contributed by atoms with van der Waals surface area (Å²) in [6, 6.07) is 7.64. The molecule has 0 spiro atoms. The van der Waals surface area contributed by atoms with Gasteiger partial charge in [-0.1, -0.05) is 12.1 Å². The van der Waals surface area contributed by atoms with Crippen molar-refractivity contribution in [2.24, 2.45) is 0 Å². The highest BCUT2D eigenvalue weighted by atomic mass is 79.9. The van der Waals surface area contributed by atoms with Crippen LogP contribution in [0.3, 0.4) is 0 Å². The molecular weight excluding hydrogens is 344 g/mol. The Kier molecular flexibility index (Phi) is 3.16. The van der Waals surface area contributed by atoms with E-state index in [-0.39, 0.29) is 5.56 Å². The SMILES string of the molecule is Cc1cccc(-n2c(=S)[nH]c3ccsc3c2=O)c1Br. The maximum Gasteiger partial charge on any atom is 0.276 e. The molecule has 19 heavy (non-hydrogen) atoms. The summed E-state index contributed by atoms with van der Waals surface area (Å²) in [6.45, 7) is 1.98. The van der Waals surface area contributed by atoms with Crippen molar-refractivity contribution in [3.05, 3.63) is 54.8 Å². The monoisotopic (exact) mass is 352 g/mol. The van der Waals surface area contributed by atoms with E-state index in [9.17, 15) is 4.79 Å². The van der Waals surface area contributed by atoms with Crippen LogP contribution in [0.2, 0.25) is 0 Å². The number of hydrogen-bond acceptors (Lipinski definition) is 3. The summed E-state index contributed by atoms with van der Waals surface area (Å²) in [5.74, 6) is 0. The number of hydrogen-bond donors (Lipinski definition) is 1. The molecule has 0 bridgehead atoms. The highest BCUT2D eigenvalue weighted by Crippen LogP contribution is 2.25. The number of H-pyrrole nitrogens is 1. The minimum atomic E-state index is -0.0833. The van der Waals surface area contributed by atoms with Gasteiger partial charge in [0.1, 0.15) is 4.70 Å². The van der Waals surface area contributed by atoms with Gasteiger partial charge in [-0.05, 0) is 58.1 Å². The fourth-order valence-corrected chi connectivity index (χ4v) is 3.47. The maximum atomic E-state index is 12.5. The summed E-state index contributed by atoms with van der Waals surface area (Å²) in [6.07, 6.45) is 0. The fourth-order valence-electron chi connectivity index (χ4n) is 1.96. The van der Waals surface area contributed by atoms with E-state index in [1.165, 1.54) is 15.9 Å². The van der Waals surface area contributed by atoms with Gasteiger partial charge in [0.15, 0.2) is 4.77 Å². The van der Waals surface area contributed by atoms with E-state index in [0.717, 1.165) is 21.2 Å². The van der Waals surface area contributed by atoms with Crippen LogP contribution in [-0.4, -0.2) is 9.55 Å². The number of nitrogens with zero attached hydrogens (tertiary/aromatic N) is 1. The van der Waals surface area contributed by atoms with Crippen molar-refractivity contribution in [2.75, 3.05) is 0 Å². The lowest BCUT2D eigenvalue weighted by Gasteiger charge is -2.10. The Hall–Kier alpha value is -1.24. The van der Waals surface area contributed by atoms with Gasteiger partial charge in [0.2, 0.25) is 0 Å². The third-order valence-corrected chi connectivity index (χ3v) is 5.14. The van der Waals surface area contributed by atoms with Crippen molar-refractivity contribution in [3.8, 4) is 5.69 Å². The lowest BCUT2D eigenvalue weighted by Crippen LogP contribution is -2.20. The number of fused-ring (bicyclic) bond motifs is 1. The first kappa shape index (κ1) is 12.8. The molecule has 0 saturated heterocycles. The largest absolute Gasteiger partial charge is 0.331 e. The van der Waals surface area contributed by atoms with Gasteiger partial charge in [0, 0.05) is 4.47 Å². The van der Waals surface area contributed by atoms with E-state index >= 15 is 0 Å². The van der Waals surface area contributed by atoms with E-state index in [2.05, 4.69) is 20.9 Å². The number of nitrogens with one attached hydrogen (secondary N) is 1. The third kappa shape index (κ3) is 2.00. The van der Waals surface area contributed by atoms with Gasteiger partial charge in [-0.3, -0.25) is 9.36 Å². The number of aryl methyl sites for hydroxylation is 1. The summed E-state index contributed by atoms with van der Waals surface area (Å²) in [5, 5.41) is 1.88. The summed E-state index contributed by atoms with van der Waals surface area (Å²) < 4.78 is 3.50. The molecule has 0 radical (unpaired) electrons. The van der Waals surface area contributed by atoms with Crippen LogP contribution >= 0.6 is 39.5 Å². The molecule has 1 N–H and O–H groups in total. The molecule has 0 aliphatic rings. The minimum Gasteiger partial charge on any atom is -0.331 e. The number of halogens is 1. The Labute approximate surface area is 126 Å². The first-order valence-corrected chi connectivity index (χ1v) is 7.65. The zero-order valence-electron chi connectivity index (χ0n) is 9.94. The molecule has 0 unspecified atom stereocenters. The van der Waals surface area contributed by atoms with Crippen molar-refractivity contribution in [2.45, 2.75) is 6.92 Å². The Balaban J connectivity index is 2.46. The van der Waals surface area contributed by atoms with Crippen molar-refractivity contribution in [3.63, 3.8) is 0 Å². The maximum absolute atomic E-state index is 12.5. The topological polar surface area (TPSA) is 37.8 Å². The number of rotatable bonds is 1. The normalized spacial score (nSPS) is 11.1. The van der Waals surface area contributed by atoms with Gasteiger partial charge in [-0.2, -0.15) is 0 Å². The molecule has 0 aliphatic heterocycles. The Morgan fingerprint density at radius 2 is 2.16 bits per heavy atom. The lowest BCUT2D eigenvalue weighted by molar-refractivity contribution is 0.936. The van der Waals surface area contributed by atoms with Crippen molar-refractivity contribution in [1.29, 1.82) is 0 Å². The van der Waals surface area contributed by atoms with E-state index in [1.807, 2.05) is 36.6 Å². The quantitative estimate of drug-likeness (QED) is 0.667. The number of aromatic nitrogens is 2. The fraction of sp³-hybridized carbons (Fsp3) is 0.0769. The van der Waals surface area contributed by atoms with Gasteiger partial charge in [0.05, 0.1) is 11.2 Å². The Morgan fingerprint density at radius 3 is 2.95 bits per heavy atom. The molecule has 3 nitrogen and oxygen atoms in total. The second-order valence-corrected chi connectivity index (χ2v) is 6.24. The van der Waals surface area contributed by atoms with E-state index in [0.29, 0.717) is 9.47 Å². The predicted octanol–water partition coefficient (Wildman–Crippen LogP) is 4.18. The van der Waals surface area contributed by atoms with Gasteiger partial charge in [0.25, 0.3) is 5.56 Å². The first-order valence-electron chi connectivity index (χ1n) is 5.57. The highest BCUT2D eigenvalue weighted by Gasteiger charge is 2.11. The van der Waals surface area contributed by atoms with Crippen LogP contribution in [0.5, 0.6) is 0 Å². The first-order chi connectivity index (χ1) is 9.09. The highest BCUT2D eigenvalue weighted by molar-refractivity contribution is 9.10. The van der Waals surface area contributed by atoms with Crippen LogP contribution in [-0.2, 0) is 0 Å². The molecule has 2 aromatic heterocycles. The van der Waals surface area contributed by atoms with Gasteiger partial charge < -0.3 is 4.98 Å². The summed E-state index contributed by atoms with van der Waals surface area (Å²) >= 11 is 10.2. The molecule has 0 saturated carbocycles. The van der Waals surface area contributed by atoms with Crippen LogP contribution in [0.15, 0.2) is 38.9 Å². The zero-order valence-corrected chi connectivity index (χ0v) is 13.2. The molecule has 3 aromatic rings. The Bertz CT molecular complexity index is 892. The van der Waals surface area contributed by atoms with Crippen molar-refractivity contribution in [1.82, 2.24) is 9.55 Å².